The molecule has 1 unspecified atom stereocenters. The Balaban J connectivity index is 3.89. The zero-order valence-electron chi connectivity index (χ0n) is 6.26. The first-order valence-electron chi connectivity index (χ1n) is 3.29. The number of carbonyl (C=O) groups is 2. The molecule has 0 saturated heterocycles. The maximum atomic E-state index is 10.6. The van der Waals surface area contributed by atoms with Gasteiger partial charge in [-0.15, -0.1) is 0 Å². The van der Waals surface area contributed by atoms with Crippen LogP contribution in [-0.2, 0) is 9.59 Å². The molecule has 1 amide bonds. The van der Waals surface area contributed by atoms with Gasteiger partial charge in [-0.25, -0.2) is 0 Å². The van der Waals surface area contributed by atoms with Crippen molar-refractivity contribution in [1.29, 1.82) is 0 Å². The van der Waals surface area contributed by atoms with Crippen molar-refractivity contribution in [2.75, 3.05) is 6.54 Å². The Morgan fingerprint density at radius 1 is 1.64 bits per heavy atom. The van der Waals surface area contributed by atoms with E-state index in [1.807, 2.05) is 6.92 Å². The van der Waals surface area contributed by atoms with Gasteiger partial charge in [0.05, 0.1) is 6.04 Å². The van der Waals surface area contributed by atoms with Gasteiger partial charge >= 0.3 is 0 Å². The van der Waals surface area contributed by atoms with E-state index in [0.717, 1.165) is 0 Å². The molecule has 0 radical (unpaired) electrons. The van der Waals surface area contributed by atoms with Crippen LogP contribution in [0.5, 0.6) is 0 Å². The van der Waals surface area contributed by atoms with E-state index in [2.05, 4.69) is 5.32 Å². The molecule has 0 aromatic heterocycles. The molecule has 0 heterocycles. The molecule has 0 aromatic rings. The first-order chi connectivity index (χ1) is 5.07. The normalized spacial score (nSPS) is 12.5. The van der Waals surface area contributed by atoms with Crippen LogP contribution in [0, 0.1) is 0 Å². The number of likely N-dealkylation sites (N-methyl/N-ethyl adjacent to an activating group) is 1. The van der Waals surface area contributed by atoms with E-state index in [9.17, 15) is 9.59 Å². The van der Waals surface area contributed by atoms with Gasteiger partial charge in [-0.3, -0.25) is 9.59 Å². The van der Waals surface area contributed by atoms with E-state index in [4.69, 9.17) is 5.73 Å². The van der Waals surface area contributed by atoms with Gasteiger partial charge in [0.2, 0.25) is 5.91 Å². The molecule has 1 atom stereocenters. The molecular formula is C6H11IN2O2. The fourth-order valence-electron chi connectivity index (χ4n) is 0.680. The molecule has 0 aromatic carbocycles. The number of halogens is 1. The zero-order valence-corrected chi connectivity index (χ0v) is 8.42. The molecule has 0 spiro atoms. The summed E-state index contributed by atoms with van der Waals surface area (Å²) in [5.41, 5.74) is 5.01. The third-order valence-corrected chi connectivity index (χ3v) is 1.60. The van der Waals surface area contributed by atoms with Gasteiger partial charge in [-0.2, -0.15) is 0 Å². The summed E-state index contributed by atoms with van der Waals surface area (Å²) >= 11 is 1.64. The zero-order chi connectivity index (χ0) is 8.85. The summed E-state index contributed by atoms with van der Waals surface area (Å²) in [5.74, 6) is -0.475. The van der Waals surface area contributed by atoms with E-state index in [1.54, 1.807) is 22.6 Å². The van der Waals surface area contributed by atoms with E-state index in [0.29, 0.717) is 6.54 Å². The molecule has 0 aliphatic heterocycles. The van der Waals surface area contributed by atoms with E-state index in [-0.39, 0.29) is 10.2 Å². The lowest BCUT2D eigenvalue weighted by atomic mass is 10.2. The van der Waals surface area contributed by atoms with Gasteiger partial charge in [-0.1, -0.05) is 6.92 Å². The second kappa shape index (κ2) is 5.48. The van der Waals surface area contributed by atoms with Crippen molar-refractivity contribution >= 4 is 32.3 Å². The van der Waals surface area contributed by atoms with Crippen molar-refractivity contribution in [3.63, 3.8) is 0 Å². The lowest BCUT2D eigenvalue weighted by Crippen LogP contribution is -2.42. The molecule has 11 heavy (non-hydrogen) atoms. The molecule has 0 rings (SSSR count). The summed E-state index contributed by atoms with van der Waals surface area (Å²) in [4.78, 5) is 21.2. The maximum absolute atomic E-state index is 10.6. The summed E-state index contributed by atoms with van der Waals surface area (Å²) in [6.07, 6.45) is 0.170. The fourth-order valence-corrected chi connectivity index (χ4v) is 1.12. The topological polar surface area (TPSA) is 72.2 Å². The average molecular weight is 270 g/mol. The lowest BCUT2D eigenvalue weighted by Gasteiger charge is -2.10. The predicted molar refractivity (Wildman–Crippen MR) is 50.3 cm³/mol. The van der Waals surface area contributed by atoms with Crippen LogP contribution in [0.2, 0.25) is 0 Å². The van der Waals surface area contributed by atoms with Crippen molar-refractivity contribution in [3.8, 4) is 0 Å². The van der Waals surface area contributed by atoms with Crippen molar-refractivity contribution < 1.29 is 9.59 Å². The van der Waals surface area contributed by atoms with Gasteiger partial charge in [-0.05, 0) is 29.1 Å². The number of rotatable bonds is 5. The van der Waals surface area contributed by atoms with E-state index >= 15 is 0 Å². The van der Waals surface area contributed by atoms with Gasteiger partial charge in [0, 0.05) is 6.42 Å². The minimum atomic E-state index is -0.510. The lowest BCUT2D eigenvalue weighted by molar-refractivity contribution is -0.122. The van der Waals surface area contributed by atoms with E-state index in [1.165, 1.54) is 0 Å². The minimum absolute atomic E-state index is 0.0626. The third kappa shape index (κ3) is 5.14. The van der Waals surface area contributed by atoms with Gasteiger partial charge in [0.25, 0.3) is 0 Å². The third-order valence-electron chi connectivity index (χ3n) is 1.16. The van der Waals surface area contributed by atoms with Gasteiger partial charge in [0.1, 0.15) is 0 Å². The highest BCUT2D eigenvalue weighted by Crippen LogP contribution is 1.98. The molecule has 4 nitrogen and oxygen atoms in total. The minimum Gasteiger partial charge on any atom is -0.368 e. The standard InChI is InChI=1S/C6H11IN2O2/c1-2-9-4(6(8)11)3-5(7)10/h4,9H,2-3H2,1H3,(H2,8,11). The van der Waals surface area contributed by atoms with Crippen LogP contribution in [0.15, 0.2) is 0 Å². The second-order valence-corrected chi connectivity index (χ2v) is 3.28. The van der Waals surface area contributed by atoms with Crippen LogP contribution in [0.4, 0.5) is 0 Å². The average Bonchev–Trinajstić information content (AvgIpc) is 1.86. The molecular weight excluding hydrogens is 259 g/mol. The van der Waals surface area contributed by atoms with Crippen LogP contribution >= 0.6 is 22.6 Å². The monoisotopic (exact) mass is 270 g/mol. The van der Waals surface area contributed by atoms with Crippen molar-refractivity contribution in [1.82, 2.24) is 5.32 Å². The van der Waals surface area contributed by atoms with Gasteiger partial charge < -0.3 is 11.1 Å². The summed E-state index contributed by atoms with van der Waals surface area (Å²) < 4.78 is -0.0626. The summed E-state index contributed by atoms with van der Waals surface area (Å²) in [6, 6.07) is -0.510. The smallest absolute Gasteiger partial charge is 0.235 e. The molecule has 64 valence electrons. The summed E-state index contributed by atoms with van der Waals surface area (Å²) in [7, 11) is 0. The Bertz CT molecular complexity index is 161. The molecule has 0 bridgehead atoms. The van der Waals surface area contributed by atoms with Crippen LogP contribution in [0.3, 0.4) is 0 Å². The Morgan fingerprint density at radius 2 is 2.18 bits per heavy atom. The number of amides is 1. The Morgan fingerprint density at radius 3 is 2.45 bits per heavy atom. The Labute approximate surface area is 79.0 Å². The first-order valence-corrected chi connectivity index (χ1v) is 4.36. The molecule has 0 aliphatic carbocycles. The highest BCUT2D eigenvalue weighted by atomic mass is 127. The highest BCUT2D eigenvalue weighted by molar-refractivity contribution is 14.1. The van der Waals surface area contributed by atoms with Crippen LogP contribution < -0.4 is 11.1 Å². The van der Waals surface area contributed by atoms with Gasteiger partial charge in [0.15, 0.2) is 3.79 Å². The molecule has 0 fully saturated rings. The molecule has 3 N–H and O–H groups in total. The fraction of sp³-hybridized carbons (Fsp3) is 0.667. The highest BCUT2D eigenvalue weighted by Gasteiger charge is 2.15. The SMILES string of the molecule is CCNC(CC(=O)I)C(N)=O. The number of primary amides is 1. The molecule has 5 heteroatoms. The van der Waals surface area contributed by atoms with Crippen molar-refractivity contribution in [2.24, 2.45) is 5.73 Å². The number of hydrogen-bond donors (Lipinski definition) is 2. The Kier molecular flexibility index (Phi) is 5.39. The predicted octanol–water partition coefficient (Wildman–Crippen LogP) is -0.199. The summed E-state index contributed by atoms with van der Waals surface area (Å²) in [5, 5.41) is 2.81. The number of nitrogens with one attached hydrogen (secondary N) is 1. The van der Waals surface area contributed by atoms with Crippen LogP contribution in [0.25, 0.3) is 0 Å². The molecule has 0 aliphatic rings. The Hall–Kier alpha value is -0.170. The van der Waals surface area contributed by atoms with E-state index < -0.39 is 11.9 Å². The number of nitrogens with two attached hydrogens (primary N) is 1. The van der Waals surface area contributed by atoms with Crippen molar-refractivity contribution in [3.05, 3.63) is 0 Å². The largest absolute Gasteiger partial charge is 0.368 e. The summed E-state index contributed by atoms with van der Waals surface area (Å²) in [6.45, 7) is 2.49. The van der Waals surface area contributed by atoms with Crippen LogP contribution in [-0.4, -0.2) is 22.3 Å². The second-order valence-electron chi connectivity index (χ2n) is 2.07. The maximum Gasteiger partial charge on any atom is 0.235 e. The van der Waals surface area contributed by atoms with Crippen LogP contribution in [0.1, 0.15) is 13.3 Å². The van der Waals surface area contributed by atoms with Crippen molar-refractivity contribution in [2.45, 2.75) is 19.4 Å². The molecule has 0 saturated carbocycles. The number of carbonyl (C=O) groups excluding carboxylic acids is 2. The number of hydrogen-bond acceptors (Lipinski definition) is 3. The quantitative estimate of drug-likeness (QED) is 0.537. The first kappa shape index (κ1) is 10.8.